The zero-order chi connectivity index (χ0) is 24.2. The van der Waals surface area contributed by atoms with E-state index < -0.39 is 30.2 Å². The molecule has 34 heavy (non-hydrogen) atoms. The van der Waals surface area contributed by atoms with Gasteiger partial charge < -0.3 is 9.47 Å². The highest BCUT2D eigenvalue weighted by molar-refractivity contribution is 6.30. The van der Waals surface area contributed by atoms with E-state index >= 15 is 0 Å². The number of methoxy groups -OCH3 is 1. The number of nitrogens with one attached hydrogen (secondary N) is 2. The summed E-state index contributed by atoms with van der Waals surface area (Å²) in [7, 11) is 1.49. The number of esters is 1. The maximum absolute atomic E-state index is 13.0. The molecule has 0 spiro atoms. The van der Waals surface area contributed by atoms with Crippen molar-refractivity contribution >= 4 is 29.4 Å². The summed E-state index contributed by atoms with van der Waals surface area (Å²) in [6, 6.07) is 16.8. The largest absolute Gasteiger partial charge is 0.497 e. The predicted molar refractivity (Wildman–Crippen MR) is 119 cm³/mol. The minimum atomic E-state index is -0.950. The Labute approximate surface area is 193 Å². The second-order valence-corrected chi connectivity index (χ2v) is 7.24. The second kappa shape index (κ2) is 9.37. The standard InChI is InChI=1S/C25H18N2O7/c1-33-15-11-9-14(10-12-15)24(31)27-26-20(28)13-34-25(32)19-8-4-7-18-21(19)23(30)17-6-3-2-5-16(17)22(18)29/h2-12H,13H2,1H3,(H,26,28)(H,27,31). The van der Waals surface area contributed by atoms with Gasteiger partial charge in [0.25, 0.3) is 11.8 Å². The van der Waals surface area contributed by atoms with Crippen molar-refractivity contribution in [3.63, 3.8) is 0 Å². The molecule has 3 aromatic rings. The molecule has 0 radical (unpaired) electrons. The highest BCUT2D eigenvalue weighted by Crippen LogP contribution is 2.29. The van der Waals surface area contributed by atoms with Gasteiger partial charge in [0, 0.05) is 27.8 Å². The number of carbonyl (C=O) groups is 5. The third-order valence-electron chi connectivity index (χ3n) is 5.17. The molecule has 3 aromatic carbocycles. The molecule has 0 bridgehead atoms. The summed E-state index contributed by atoms with van der Waals surface area (Å²) in [6.07, 6.45) is 0. The fourth-order valence-corrected chi connectivity index (χ4v) is 3.50. The van der Waals surface area contributed by atoms with Gasteiger partial charge in [-0.1, -0.05) is 36.4 Å². The molecule has 2 N–H and O–H groups in total. The van der Waals surface area contributed by atoms with E-state index in [1.54, 1.807) is 30.3 Å². The third kappa shape index (κ3) is 4.26. The fourth-order valence-electron chi connectivity index (χ4n) is 3.50. The molecule has 0 heterocycles. The van der Waals surface area contributed by atoms with E-state index in [1.165, 1.54) is 43.5 Å². The van der Waals surface area contributed by atoms with Gasteiger partial charge in [-0.05, 0) is 30.3 Å². The van der Waals surface area contributed by atoms with Crippen LogP contribution in [0.2, 0.25) is 0 Å². The molecule has 0 aromatic heterocycles. The Hall–Kier alpha value is -4.79. The maximum atomic E-state index is 13.0. The summed E-state index contributed by atoms with van der Waals surface area (Å²) < 4.78 is 10.0. The van der Waals surface area contributed by atoms with E-state index in [9.17, 15) is 24.0 Å². The molecule has 9 heteroatoms. The molecule has 2 amide bonds. The lowest BCUT2D eigenvalue weighted by atomic mass is 9.82. The molecular weight excluding hydrogens is 440 g/mol. The number of rotatable bonds is 5. The van der Waals surface area contributed by atoms with Gasteiger partial charge in [-0.3, -0.25) is 30.0 Å². The van der Waals surface area contributed by atoms with E-state index in [4.69, 9.17) is 9.47 Å². The molecule has 9 nitrogen and oxygen atoms in total. The number of ether oxygens (including phenoxy) is 2. The molecule has 170 valence electrons. The van der Waals surface area contributed by atoms with E-state index in [-0.39, 0.29) is 39.2 Å². The van der Waals surface area contributed by atoms with E-state index in [2.05, 4.69) is 10.9 Å². The van der Waals surface area contributed by atoms with Gasteiger partial charge in [-0.15, -0.1) is 0 Å². The number of hydrogen-bond donors (Lipinski definition) is 2. The first kappa shape index (κ1) is 22.4. The van der Waals surface area contributed by atoms with Gasteiger partial charge in [0.1, 0.15) is 5.75 Å². The quantitative estimate of drug-likeness (QED) is 0.346. The van der Waals surface area contributed by atoms with Gasteiger partial charge >= 0.3 is 5.97 Å². The Morgan fingerprint density at radius 1 is 0.765 bits per heavy atom. The van der Waals surface area contributed by atoms with Crippen LogP contribution in [-0.2, 0) is 9.53 Å². The maximum Gasteiger partial charge on any atom is 0.339 e. The van der Waals surface area contributed by atoms with Crippen molar-refractivity contribution in [3.05, 3.63) is 100 Å². The topological polar surface area (TPSA) is 128 Å². The molecular formula is C25H18N2O7. The van der Waals surface area contributed by atoms with Crippen LogP contribution in [0.5, 0.6) is 5.75 Å². The SMILES string of the molecule is COc1ccc(C(=O)NNC(=O)COC(=O)c2cccc3c2C(=O)c2ccccc2C3=O)cc1. The van der Waals surface area contributed by atoms with Crippen molar-refractivity contribution in [2.75, 3.05) is 13.7 Å². The lowest BCUT2D eigenvalue weighted by Crippen LogP contribution is -2.43. The average Bonchev–Trinajstić information content (AvgIpc) is 2.88. The molecule has 0 saturated carbocycles. The van der Waals surface area contributed by atoms with Crippen LogP contribution in [0.1, 0.15) is 52.6 Å². The first-order chi connectivity index (χ1) is 16.4. The van der Waals surface area contributed by atoms with Gasteiger partial charge in [0.2, 0.25) is 0 Å². The van der Waals surface area contributed by atoms with Gasteiger partial charge in [-0.25, -0.2) is 4.79 Å². The third-order valence-corrected chi connectivity index (χ3v) is 5.17. The monoisotopic (exact) mass is 458 g/mol. The highest BCUT2D eigenvalue weighted by Gasteiger charge is 2.33. The Morgan fingerprint density at radius 3 is 2.09 bits per heavy atom. The summed E-state index contributed by atoms with van der Waals surface area (Å²) in [4.78, 5) is 62.5. The van der Waals surface area contributed by atoms with Crippen LogP contribution in [0.25, 0.3) is 0 Å². The number of hydrogen-bond acceptors (Lipinski definition) is 7. The summed E-state index contributed by atoms with van der Waals surface area (Å²) in [6.45, 7) is -0.718. The number of ketones is 2. The normalized spacial score (nSPS) is 11.7. The average molecular weight is 458 g/mol. The molecule has 1 aliphatic rings. The van der Waals surface area contributed by atoms with Gasteiger partial charge in [0.15, 0.2) is 18.2 Å². The number of hydrazine groups is 1. The van der Waals surface area contributed by atoms with E-state index in [0.717, 1.165) is 0 Å². The number of carbonyl (C=O) groups excluding carboxylic acids is 5. The Balaban J connectivity index is 1.40. The minimum Gasteiger partial charge on any atom is -0.497 e. The minimum absolute atomic E-state index is 0.0654. The lowest BCUT2D eigenvalue weighted by Gasteiger charge is -2.19. The zero-order valence-electron chi connectivity index (χ0n) is 17.9. The van der Waals surface area contributed by atoms with Crippen molar-refractivity contribution in [2.45, 2.75) is 0 Å². The van der Waals surface area contributed by atoms with Crippen LogP contribution in [0, 0.1) is 0 Å². The molecule has 0 atom stereocenters. The van der Waals surface area contributed by atoms with Crippen LogP contribution in [0.4, 0.5) is 0 Å². The number of amides is 2. The van der Waals surface area contributed by atoms with Crippen LogP contribution >= 0.6 is 0 Å². The van der Waals surface area contributed by atoms with Crippen molar-refractivity contribution in [3.8, 4) is 5.75 Å². The smallest absolute Gasteiger partial charge is 0.339 e. The summed E-state index contributed by atoms with van der Waals surface area (Å²) in [5.41, 5.74) is 4.98. The predicted octanol–water partition coefficient (Wildman–Crippen LogP) is 2.09. The van der Waals surface area contributed by atoms with Crippen molar-refractivity contribution in [1.82, 2.24) is 10.9 Å². The molecule has 0 saturated heterocycles. The first-order valence-electron chi connectivity index (χ1n) is 10.1. The van der Waals surface area contributed by atoms with E-state index in [0.29, 0.717) is 5.75 Å². The fraction of sp³-hybridized carbons (Fsp3) is 0.0800. The first-order valence-corrected chi connectivity index (χ1v) is 10.1. The molecule has 0 unspecified atom stereocenters. The molecule has 0 fully saturated rings. The van der Waals surface area contributed by atoms with Crippen LogP contribution in [0.3, 0.4) is 0 Å². The van der Waals surface area contributed by atoms with Crippen molar-refractivity contribution < 1.29 is 33.4 Å². The highest BCUT2D eigenvalue weighted by atomic mass is 16.5. The van der Waals surface area contributed by atoms with Gasteiger partial charge in [0.05, 0.1) is 12.7 Å². The Morgan fingerprint density at radius 2 is 1.41 bits per heavy atom. The summed E-state index contributed by atoms with van der Waals surface area (Å²) in [5, 5.41) is 0. The Bertz CT molecular complexity index is 1330. The molecule has 0 aliphatic heterocycles. The van der Waals surface area contributed by atoms with Crippen LogP contribution in [0.15, 0.2) is 66.7 Å². The van der Waals surface area contributed by atoms with Gasteiger partial charge in [-0.2, -0.15) is 0 Å². The Kier molecular flexibility index (Phi) is 6.18. The number of fused-ring (bicyclic) bond motifs is 2. The van der Waals surface area contributed by atoms with Crippen LogP contribution in [-0.4, -0.2) is 43.1 Å². The zero-order valence-corrected chi connectivity index (χ0v) is 17.9. The molecule has 4 rings (SSSR count). The summed E-state index contributed by atoms with van der Waals surface area (Å²) in [5.74, 6) is -2.61. The van der Waals surface area contributed by atoms with Crippen LogP contribution < -0.4 is 15.6 Å². The van der Waals surface area contributed by atoms with E-state index in [1.807, 2.05) is 0 Å². The van der Waals surface area contributed by atoms with Crippen molar-refractivity contribution in [2.24, 2.45) is 0 Å². The summed E-state index contributed by atoms with van der Waals surface area (Å²) >= 11 is 0. The van der Waals surface area contributed by atoms with Crippen molar-refractivity contribution in [1.29, 1.82) is 0 Å². The second-order valence-electron chi connectivity index (χ2n) is 7.24. The number of benzene rings is 3. The lowest BCUT2D eigenvalue weighted by molar-refractivity contribution is -0.125. The molecule has 1 aliphatic carbocycles.